The van der Waals surface area contributed by atoms with Crippen LogP contribution in [0.25, 0.3) is 12.2 Å². The van der Waals surface area contributed by atoms with E-state index in [9.17, 15) is 10.1 Å². The van der Waals surface area contributed by atoms with Gasteiger partial charge in [-0.15, -0.1) is 0 Å². The van der Waals surface area contributed by atoms with Gasteiger partial charge >= 0.3 is 0 Å². The minimum absolute atomic E-state index is 0.00161. The predicted octanol–water partition coefficient (Wildman–Crippen LogP) is 3.21. The van der Waals surface area contributed by atoms with Crippen molar-refractivity contribution >= 4 is 29.4 Å². The summed E-state index contributed by atoms with van der Waals surface area (Å²) in [4.78, 5) is 18.0. The summed E-state index contributed by atoms with van der Waals surface area (Å²) in [5, 5.41) is 11.1. The Balaban J connectivity index is 2.31. The molecule has 0 saturated carbocycles. The molecule has 2 aromatic rings. The number of rotatable bonds is 3. The smallest absolute Gasteiger partial charge is 0.258 e. The third-order valence-corrected chi connectivity index (χ3v) is 2.57. The lowest BCUT2D eigenvalue weighted by molar-refractivity contribution is -0.384. The molecule has 0 unspecified atom stereocenters. The van der Waals surface area contributed by atoms with Crippen molar-refractivity contribution in [1.29, 1.82) is 0 Å². The Morgan fingerprint density at radius 3 is 2.78 bits per heavy atom. The first-order valence-electron chi connectivity index (χ1n) is 5.05. The van der Waals surface area contributed by atoms with Gasteiger partial charge in [0, 0.05) is 23.4 Å². The Bertz CT molecular complexity index is 600. The molecule has 18 heavy (non-hydrogen) atoms. The van der Waals surface area contributed by atoms with Gasteiger partial charge < -0.3 is 0 Å². The van der Waals surface area contributed by atoms with Crippen molar-refractivity contribution in [3.8, 4) is 0 Å². The maximum Gasteiger partial charge on any atom is 0.270 e. The summed E-state index contributed by atoms with van der Waals surface area (Å²) in [5.74, 6) is 0. The maximum atomic E-state index is 10.7. The molecule has 0 N–H and O–H groups in total. The van der Waals surface area contributed by atoms with Crippen molar-refractivity contribution in [2.75, 3.05) is 0 Å². The number of hydrogen-bond acceptors (Lipinski definition) is 4. The summed E-state index contributed by atoms with van der Waals surface area (Å²) in [6, 6.07) is 6.01. The van der Waals surface area contributed by atoms with Crippen LogP contribution in [-0.4, -0.2) is 14.9 Å². The lowest BCUT2D eigenvalue weighted by atomic mass is 10.1. The van der Waals surface area contributed by atoms with E-state index in [-0.39, 0.29) is 5.69 Å². The van der Waals surface area contributed by atoms with Crippen LogP contribution in [0.5, 0.6) is 0 Å². The van der Waals surface area contributed by atoms with E-state index in [2.05, 4.69) is 9.97 Å². The lowest BCUT2D eigenvalue weighted by Crippen LogP contribution is -1.88. The van der Waals surface area contributed by atoms with Crippen LogP contribution in [0, 0.1) is 10.1 Å². The minimum Gasteiger partial charge on any atom is -0.258 e. The standard InChI is InChI=1S/C12H8ClN3O2/c13-12-4-3-11(16(17)18)7-9(12)1-2-10-5-6-14-8-15-10/h1-8H/b2-1-. The molecule has 6 heteroatoms. The van der Waals surface area contributed by atoms with E-state index in [0.29, 0.717) is 16.3 Å². The molecular formula is C12H8ClN3O2. The molecule has 0 saturated heterocycles. The number of nitro groups is 1. The van der Waals surface area contributed by atoms with Crippen molar-refractivity contribution in [2.24, 2.45) is 0 Å². The molecule has 0 radical (unpaired) electrons. The van der Waals surface area contributed by atoms with Gasteiger partial charge in [0.1, 0.15) is 6.33 Å². The average Bonchev–Trinajstić information content (AvgIpc) is 2.38. The second-order valence-corrected chi connectivity index (χ2v) is 3.84. The molecule has 0 atom stereocenters. The molecule has 0 amide bonds. The van der Waals surface area contributed by atoms with Gasteiger partial charge in [-0.05, 0) is 23.8 Å². The third-order valence-electron chi connectivity index (χ3n) is 2.23. The van der Waals surface area contributed by atoms with Gasteiger partial charge in [0.15, 0.2) is 0 Å². The Hall–Kier alpha value is -2.27. The molecule has 1 heterocycles. The number of aromatic nitrogens is 2. The first-order chi connectivity index (χ1) is 8.66. The number of hydrogen-bond donors (Lipinski definition) is 0. The molecular weight excluding hydrogens is 254 g/mol. The van der Waals surface area contributed by atoms with Crippen molar-refractivity contribution in [1.82, 2.24) is 9.97 Å². The van der Waals surface area contributed by atoms with Gasteiger partial charge in [0.2, 0.25) is 0 Å². The van der Waals surface area contributed by atoms with Gasteiger partial charge in [0.25, 0.3) is 5.69 Å². The summed E-state index contributed by atoms with van der Waals surface area (Å²) in [6.07, 6.45) is 6.43. The Morgan fingerprint density at radius 1 is 1.28 bits per heavy atom. The fourth-order valence-corrected chi connectivity index (χ4v) is 1.53. The maximum absolute atomic E-state index is 10.7. The van der Waals surface area contributed by atoms with Crippen LogP contribution in [-0.2, 0) is 0 Å². The SMILES string of the molecule is O=[N+]([O-])c1ccc(Cl)c(/C=C\c2ccncn2)c1. The van der Waals surface area contributed by atoms with Gasteiger partial charge in [-0.1, -0.05) is 17.7 Å². The summed E-state index contributed by atoms with van der Waals surface area (Å²) in [7, 11) is 0. The molecule has 0 bridgehead atoms. The van der Waals surface area contributed by atoms with E-state index in [1.807, 2.05) is 0 Å². The Morgan fingerprint density at radius 2 is 2.11 bits per heavy atom. The number of benzene rings is 1. The molecule has 0 aliphatic carbocycles. The van der Waals surface area contributed by atoms with Crippen LogP contribution >= 0.6 is 11.6 Å². The van der Waals surface area contributed by atoms with Crippen LogP contribution in [0.4, 0.5) is 5.69 Å². The molecule has 2 rings (SSSR count). The van der Waals surface area contributed by atoms with Crippen LogP contribution in [0.2, 0.25) is 5.02 Å². The highest BCUT2D eigenvalue weighted by Crippen LogP contribution is 2.23. The van der Waals surface area contributed by atoms with Gasteiger partial charge in [0.05, 0.1) is 10.6 Å². The van der Waals surface area contributed by atoms with Crippen molar-refractivity contribution in [3.63, 3.8) is 0 Å². The number of non-ortho nitro benzene ring substituents is 1. The lowest BCUT2D eigenvalue weighted by Gasteiger charge is -1.98. The number of nitrogens with zero attached hydrogens (tertiary/aromatic N) is 3. The van der Waals surface area contributed by atoms with Crippen LogP contribution < -0.4 is 0 Å². The second kappa shape index (κ2) is 5.37. The van der Waals surface area contributed by atoms with Crippen molar-refractivity contribution in [2.45, 2.75) is 0 Å². The Kier molecular flexibility index (Phi) is 3.64. The van der Waals surface area contributed by atoms with Crippen LogP contribution in [0.3, 0.4) is 0 Å². The Labute approximate surface area is 108 Å². The first-order valence-corrected chi connectivity index (χ1v) is 5.42. The molecule has 0 aliphatic heterocycles. The zero-order valence-electron chi connectivity index (χ0n) is 9.15. The largest absolute Gasteiger partial charge is 0.270 e. The topological polar surface area (TPSA) is 68.9 Å². The van der Waals surface area contributed by atoms with E-state index < -0.39 is 4.92 Å². The van der Waals surface area contributed by atoms with E-state index >= 15 is 0 Å². The highest BCUT2D eigenvalue weighted by molar-refractivity contribution is 6.32. The average molecular weight is 262 g/mol. The fourth-order valence-electron chi connectivity index (χ4n) is 1.35. The van der Waals surface area contributed by atoms with E-state index in [1.165, 1.54) is 24.5 Å². The summed E-state index contributed by atoms with van der Waals surface area (Å²) in [5.41, 5.74) is 1.28. The van der Waals surface area contributed by atoms with Crippen molar-refractivity contribution in [3.05, 3.63) is 63.2 Å². The van der Waals surface area contributed by atoms with E-state index in [4.69, 9.17) is 11.6 Å². The molecule has 1 aromatic carbocycles. The molecule has 0 fully saturated rings. The highest BCUT2D eigenvalue weighted by Gasteiger charge is 2.07. The third kappa shape index (κ3) is 2.89. The van der Waals surface area contributed by atoms with Gasteiger partial charge in [-0.3, -0.25) is 10.1 Å². The number of halogens is 1. The summed E-state index contributed by atoms with van der Waals surface area (Å²) in [6.45, 7) is 0. The van der Waals surface area contributed by atoms with E-state index in [1.54, 1.807) is 24.4 Å². The summed E-state index contributed by atoms with van der Waals surface area (Å²) >= 11 is 5.96. The van der Waals surface area contributed by atoms with Crippen molar-refractivity contribution < 1.29 is 4.92 Å². The second-order valence-electron chi connectivity index (χ2n) is 3.43. The minimum atomic E-state index is -0.460. The van der Waals surface area contributed by atoms with E-state index in [0.717, 1.165) is 0 Å². The molecule has 90 valence electrons. The number of nitro benzene ring substituents is 1. The zero-order chi connectivity index (χ0) is 13.0. The van der Waals surface area contributed by atoms with Gasteiger partial charge in [-0.25, -0.2) is 9.97 Å². The molecule has 1 aromatic heterocycles. The highest BCUT2D eigenvalue weighted by atomic mass is 35.5. The van der Waals surface area contributed by atoms with Gasteiger partial charge in [-0.2, -0.15) is 0 Å². The summed E-state index contributed by atoms with van der Waals surface area (Å²) < 4.78 is 0. The zero-order valence-corrected chi connectivity index (χ0v) is 9.91. The fraction of sp³-hybridized carbons (Fsp3) is 0. The predicted molar refractivity (Wildman–Crippen MR) is 69.1 cm³/mol. The first kappa shape index (κ1) is 12.2. The quantitative estimate of drug-likeness (QED) is 0.628. The molecule has 0 spiro atoms. The molecule has 0 aliphatic rings. The van der Waals surface area contributed by atoms with Crippen LogP contribution in [0.1, 0.15) is 11.3 Å². The molecule has 5 nitrogen and oxygen atoms in total. The normalized spacial score (nSPS) is 10.7. The van der Waals surface area contributed by atoms with Crippen LogP contribution in [0.15, 0.2) is 36.8 Å². The monoisotopic (exact) mass is 261 g/mol.